The molecular formula is C30H34N2O2. The third-order valence-electron chi connectivity index (χ3n) is 7.20. The van der Waals surface area contributed by atoms with Crippen molar-refractivity contribution in [3.05, 3.63) is 102 Å². The van der Waals surface area contributed by atoms with Crippen LogP contribution in [0.25, 0.3) is 6.08 Å². The molecule has 2 fully saturated rings. The molecule has 176 valence electrons. The second-order valence-corrected chi connectivity index (χ2v) is 9.63. The van der Waals surface area contributed by atoms with Crippen LogP contribution >= 0.6 is 0 Å². The molecule has 1 amide bonds. The lowest BCUT2D eigenvalue weighted by molar-refractivity contribution is 0.0467. The standard InChI is InChI=1S/C30H34N2O2/c33-30(29-14-8-22-34-29)32(27-15-16-27)28(23-25-11-5-2-6-12-25)26-17-20-31(21-18-26)19-7-13-24-9-3-1-4-10-24/h1-14,22,26-28H,15-21,23H2/b13-7+. The van der Waals surface area contributed by atoms with Gasteiger partial charge in [0.15, 0.2) is 5.76 Å². The second kappa shape index (κ2) is 10.9. The fourth-order valence-corrected chi connectivity index (χ4v) is 5.24. The summed E-state index contributed by atoms with van der Waals surface area (Å²) in [6.45, 7) is 3.12. The molecule has 1 aliphatic carbocycles. The maximum absolute atomic E-state index is 13.5. The number of carbonyl (C=O) groups is 1. The Hall–Kier alpha value is -3.11. The molecule has 1 unspecified atom stereocenters. The molecule has 0 radical (unpaired) electrons. The predicted octanol–water partition coefficient (Wildman–Crippen LogP) is 5.92. The number of benzene rings is 2. The minimum atomic E-state index is 0.0571. The van der Waals surface area contributed by atoms with Gasteiger partial charge in [-0.15, -0.1) is 0 Å². The van der Waals surface area contributed by atoms with Crippen molar-refractivity contribution in [3.63, 3.8) is 0 Å². The first-order valence-corrected chi connectivity index (χ1v) is 12.6. The van der Waals surface area contributed by atoms with Crippen LogP contribution in [-0.2, 0) is 6.42 Å². The molecule has 3 aromatic rings. The van der Waals surface area contributed by atoms with Crippen molar-refractivity contribution in [2.24, 2.45) is 5.92 Å². The van der Waals surface area contributed by atoms with Gasteiger partial charge in [0, 0.05) is 18.6 Å². The van der Waals surface area contributed by atoms with Crippen LogP contribution in [0.2, 0.25) is 0 Å². The van der Waals surface area contributed by atoms with Crippen molar-refractivity contribution in [2.75, 3.05) is 19.6 Å². The number of hydrogen-bond donors (Lipinski definition) is 0. The van der Waals surface area contributed by atoms with E-state index >= 15 is 0 Å². The highest BCUT2D eigenvalue weighted by Gasteiger charge is 2.42. The van der Waals surface area contributed by atoms with Gasteiger partial charge in [-0.2, -0.15) is 0 Å². The van der Waals surface area contributed by atoms with E-state index in [1.165, 1.54) is 11.1 Å². The van der Waals surface area contributed by atoms with Crippen LogP contribution < -0.4 is 0 Å². The van der Waals surface area contributed by atoms with E-state index in [4.69, 9.17) is 4.42 Å². The van der Waals surface area contributed by atoms with E-state index in [1.807, 2.05) is 6.07 Å². The summed E-state index contributed by atoms with van der Waals surface area (Å²) in [6.07, 6.45) is 11.4. The molecule has 4 heteroatoms. The van der Waals surface area contributed by atoms with Crippen molar-refractivity contribution in [1.82, 2.24) is 9.80 Å². The van der Waals surface area contributed by atoms with E-state index < -0.39 is 0 Å². The molecule has 1 aromatic heterocycles. The summed E-state index contributed by atoms with van der Waals surface area (Å²) in [5.74, 6) is 1.02. The van der Waals surface area contributed by atoms with Gasteiger partial charge >= 0.3 is 0 Å². The number of hydrogen-bond acceptors (Lipinski definition) is 3. The van der Waals surface area contributed by atoms with Crippen molar-refractivity contribution >= 4 is 12.0 Å². The molecule has 2 aliphatic rings. The first kappa shape index (κ1) is 22.7. The van der Waals surface area contributed by atoms with Crippen molar-refractivity contribution in [1.29, 1.82) is 0 Å². The van der Waals surface area contributed by atoms with Gasteiger partial charge in [0.05, 0.1) is 6.26 Å². The molecule has 1 atom stereocenters. The van der Waals surface area contributed by atoms with Crippen LogP contribution in [0.3, 0.4) is 0 Å². The quantitative estimate of drug-likeness (QED) is 0.403. The van der Waals surface area contributed by atoms with Crippen molar-refractivity contribution in [3.8, 4) is 0 Å². The van der Waals surface area contributed by atoms with E-state index in [0.29, 0.717) is 17.7 Å². The number of carbonyl (C=O) groups excluding carboxylic acids is 1. The Labute approximate surface area is 202 Å². The summed E-state index contributed by atoms with van der Waals surface area (Å²) in [4.78, 5) is 18.2. The SMILES string of the molecule is O=C(c1ccco1)N(C1CC1)C(Cc1ccccc1)C1CCN(C/C=C/c2ccccc2)CC1. The summed E-state index contributed by atoms with van der Waals surface area (Å²) in [5, 5.41) is 0. The van der Waals surface area contributed by atoms with Crippen LogP contribution in [0.4, 0.5) is 0 Å². The summed E-state index contributed by atoms with van der Waals surface area (Å²) in [6, 6.07) is 25.3. The summed E-state index contributed by atoms with van der Waals surface area (Å²) >= 11 is 0. The Balaban J connectivity index is 1.28. The number of amides is 1. The van der Waals surface area contributed by atoms with Gasteiger partial charge in [-0.05, 0) is 74.4 Å². The molecular weight excluding hydrogens is 420 g/mol. The Morgan fingerprint density at radius 1 is 0.941 bits per heavy atom. The van der Waals surface area contributed by atoms with Crippen LogP contribution in [-0.4, -0.2) is 47.4 Å². The van der Waals surface area contributed by atoms with Gasteiger partial charge in [0.25, 0.3) is 5.91 Å². The summed E-state index contributed by atoms with van der Waals surface area (Å²) in [7, 11) is 0. The highest BCUT2D eigenvalue weighted by Crippen LogP contribution is 2.36. The first-order valence-electron chi connectivity index (χ1n) is 12.6. The predicted molar refractivity (Wildman–Crippen MR) is 136 cm³/mol. The zero-order valence-corrected chi connectivity index (χ0v) is 19.8. The van der Waals surface area contributed by atoms with E-state index in [1.54, 1.807) is 12.3 Å². The maximum Gasteiger partial charge on any atom is 0.290 e. The van der Waals surface area contributed by atoms with Gasteiger partial charge in [-0.1, -0.05) is 72.8 Å². The number of nitrogens with zero attached hydrogens (tertiary/aromatic N) is 2. The smallest absolute Gasteiger partial charge is 0.290 e. The molecule has 1 saturated carbocycles. The third-order valence-corrected chi connectivity index (χ3v) is 7.20. The average Bonchev–Trinajstić information content (AvgIpc) is 3.56. The lowest BCUT2D eigenvalue weighted by atomic mass is 9.84. The van der Waals surface area contributed by atoms with E-state index in [2.05, 4.69) is 82.6 Å². The molecule has 1 aliphatic heterocycles. The van der Waals surface area contributed by atoms with Gasteiger partial charge in [0.2, 0.25) is 0 Å². The largest absolute Gasteiger partial charge is 0.459 e. The Morgan fingerprint density at radius 3 is 2.29 bits per heavy atom. The van der Waals surface area contributed by atoms with Gasteiger partial charge in [-0.3, -0.25) is 9.69 Å². The molecule has 0 bridgehead atoms. The average molecular weight is 455 g/mol. The third kappa shape index (κ3) is 5.68. The number of piperidine rings is 1. The van der Waals surface area contributed by atoms with E-state index in [-0.39, 0.29) is 11.9 Å². The Morgan fingerprint density at radius 2 is 1.65 bits per heavy atom. The Bertz CT molecular complexity index is 1050. The van der Waals surface area contributed by atoms with E-state index in [9.17, 15) is 4.79 Å². The molecule has 1 saturated heterocycles. The van der Waals surface area contributed by atoms with Crippen LogP contribution in [0.15, 0.2) is 89.6 Å². The monoisotopic (exact) mass is 454 g/mol. The fourth-order valence-electron chi connectivity index (χ4n) is 5.24. The van der Waals surface area contributed by atoms with Crippen LogP contribution in [0.5, 0.6) is 0 Å². The lowest BCUT2D eigenvalue weighted by Gasteiger charge is -2.41. The minimum absolute atomic E-state index is 0.0571. The van der Waals surface area contributed by atoms with Gasteiger partial charge in [0.1, 0.15) is 0 Å². The second-order valence-electron chi connectivity index (χ2n) is 9.63. The van der Waals surface area contributed by atoms with Gasteiger partial charge in [-0.25, -0.2) is 0 Å². The fraction of sp³-hybridized carbons (Fsp3) is 0.367. The minimum Gasteiger partial charge on any atom is -0.459 e. The summed E-state index contributed by atoms with van der Waals surface area (Å²) in [5.41, 5.74) is 2.55. The molecule has 0 N–H and O–H groups in total. The maximum atomic E-state index is 13.5. The zero-order valence-electron chi connectivity index (χ0n) is 19.8. The Kier molecular flexibility index (Phi) is 7.25. The molecule has 5 rings (SSSR count). The molecule has 2 heterocycles. The van der Waals surface area contributed by atoms with Gasteiger partial charge < -0.3 is 9.32 Å². The van der Waals surface area contributed by atoms with Crippen LogP contribution in [0, 0.1) is 5.92 Å². The molecule has 0 spiro atoms. The highest BCUT2D eigenvalue weighted by molar-refractivity contribution is 5.92. The normalized spacial score (nSPS) is 18.2. The van der Waals surface area contributed by atoms with Crippen molar-refractivity contribution < 1.29 is 9.21 Å². The molecule has 4 nitrogen and oxygen atoms in total. The summed E-state index contributed by atoms with van der Waals surface area (Å²) < 4.78 is 5.53. The molecule has 34 heavy (non-hydrogen) atoms. The molecule has 2 aromatic carbocycles. The van der Waals surface area contributed by atoms with E-state index in [0.717, 1.165) is 51.7 Å². The lowest BCUT2D eigenvalue weighted by Crippen LogP contribution is -2.50. The highest BCUT2D eigenvalue weighted by atomic mass is 16.3. The zero-order chi connectivity index (χ0) is 23.2. The van der Waals surface area contributed by atoms with Crippen molar-refractivity contribution in [2.45, 2.75) is 44.2 Å². The first-order chi connectivity index (χ1) is 16.8. The number of furan rings is 1. The number of likely N-dealkylation sites (tertiary alicyclic amines) is 1. The number of rotatable bonds is 9. The van der Waals surface area contributed by atoms with Crippen LogP contribution in [0.1, 0.15) is 47.4 Å². The topological polar surface area (TPSA) is 36.7 Å².